The minimum Gasteiger partial charge on any atom is -0.384 e. The van der Waals surface area contributed by atoms with Gasteiger partial charge in [-0.3, -0.25) is 4.98 Å². The number of aromatic nitrogens is 3. The number of rotatable bonds is 2. The van der Waals surface area contributed by atoms with Crippen LogP contribution in [0.4, 0.5) is 5.82 Å². The van der Waals surface area contributed by atoms with E-state index in [1.807, 2.05) is 28.9 Å². The molecular weight excluding hydrogens is 224 g/mol. The summed E-state index contributed by atoms with van der Waals surface area (Å²) < 4.78 is 1.99. The van der Waals surface area contributed by atoms with Gasteiger partial charge < -0.3 is 5.73 Å². The quantitative estimate of drug-likeness (QED) is 0.880. The fourth-order valence-electron chi connectivity index (χ4n) is 2.67. The van der Waals surface area contributed by atoms with Crippen LogP contribution in [0.2, 0.25) is 0 Å². The molecule has 0 aliphatic heterocycles. The van der Waals surface area contributed by atoms with E-state index in [1.54, 1.807) is 6.20 Å². The van der Waals surface area contributed by atoms with Gasteiger partial charge in [0.15, 0.2) is 0 Å². The van der Waals surface area contributed by atoms with Crippen LogP contribution in [0.15, 0.2) is 30.5 Å². The number of pyridine rings is 1. The van der Waals surface area contributed by atoms with Crippen molar-refractivity contribution in [3.8, 4) is 11.4 Å². The van der Waals surface area contributed by atoms with Crippen LogP contribution < -0.4 is 5.73 Å². The Morgan fingerprint density at radius 1 is 1.11 bits per heavy atom. The molecule has 0 spiro atoms. The van der Waals surface area contributed by atoms with Crippen molar-refractivity contribution < 1.29 is 0 Å². The Morgan fingerprint density at radius 3 is 2.67 bits per heavy atom. The van der Waals surface area contributed by atoms with Gasteiger partial charge in [-0.2, -0.15) is 5.10 Å². The van der Waals surface area contributed by atoms with E-state index >= 15 is 0 Å². The van der Waals surface area contributed by atoms with Crippen LogP contribution in [-0.4, -0.2) is 14.8 Å². The summed E-state index contributed by atoms with van der Waals surface area (Å²) in [6, 6.07) is 8.24. The normalized spacial score (nSPS) is 16.9. The second kappa shape index (κ2) is 4.80. The number of nitrogens with zero attached hydrogens (tertiary/aromatic N) is 3. The SMILES string of the molecule is Nc1cc(-c2ccccn2)nn1C1CCCCC1. The molecule has 3 rings (SSSR count). The van der Waals surface area contributed by atoms with E-state index < -0.39 is 0 Å². The Morgan fingerprint density at radius 2 is 1.94 bits per heavy atom. The van der Waals surface area contributed by atoms with Crippen LogP contribution in [0.3, 0.4) is 0 Å². The summed E-state index contributed by atoms with van der Waals surface area (Å²) in [5, 5.41) is 4.63. The Bertz CT molecular complexity index is 512. The summed E-state index contributed by atoms with van der Waals surface area (Å²) in [6.07, 6.45) is 8.06. The van der Waals surface area contributed by atoms with E-state index in [4.69, 9.17) is 5.73 Å². The van der Waals surface area contributed by atoms with Crippen LogP contribution in [0.25, 0.3) is 11.4 Å². The van der Waals surface area contributed by atoms with Crippen molar-refractivity contribution in [1.82, 2.24) is 14.8 Å². The average Bonchev–Trinajstić information content (AvgIpc) is 2.83. The predicted molar refractivity (Wildman–Crippen MR) is 72.0 cm³/mol. The summed E-state index contributed by atoms with van der Waals surface area (Å²) in [5.41, 5.74) is 7.84. The van der Waals surface area contributed by atoms with Crippen molar-refractivity contribution in [2.45, 2.75) is 38.1 Å². The largest absolute Gasteiger partial charge is 0.384 e. The first-order chi connectivity index (χ1) is 8.84. The lowest BCUT2D eigenvalue weighted by Crippen LogP contribution is -2.16. The Balaban J connectivity index is 1.91. The lowest BCUT2D eigenvalue weighted by Gasteiger charge is -2.22. The Kier molecular flexibility index (Phi) is 3.00. The maximum atomic E-state index is 6.08. The van der Waals surface area contributed by atoms with Crippen molar-refractivity contribution in [1.29, 1.82) is 0 Å². The lowest BCUT2D eigenvalue weighted by molar-refractivity contribution is 0.333. The predicted octanol–water partition coefficient (Wildman–Crippen LogP) is 3.03. The topological polar surface area (TPSA) is 56.7 Å². The third-order valence-corrected chi connectivity index (χ3v) is 3.61. The summed E-state index contributed by atoms with van der Waals surface area (Å²) in [6.45, 7) is 0. The van der Waals surface area contributed by atoms with E-state index in [9.17, 15) is 0 Å². The highest BCUT2D eigenvalue weighted by Crippen LogP contribution is 2.31. The van der Waals surface area contributed by atoms with Crippen molar-refractivity contribution in [3.63, 3.8) is 0 Å². The van der Waals surface area contributed by atoms with Crippen LogP contribution in [0, 0.1) is 0 Å². The van der Waals surface area contributed by atoms with Gasteiger partial charge >= 0.3 is 0 Å². The van der Waals surface area contributed by atoms with Gasteiger partial charge in [0.1, 0.15) is 11.5 Å². The summed E-state index contributed by atoms with van der Waals surface area (Å²) in [7, 11) is 0. The number of hydrogen-bond donors (Lipinski definition) is 1. The van der Waals surface area contributed by atoms with E-state index in [-0.39, 0.29) is 0 Å². The zero-order chi connectivity index (χ0) is 12.4. The van der Waals surface area contributed by atoms with E-state index in [2.05, 4.69) is 10.1 Å². The highest BCUT2D eigenvalue weighted by atomic mass is 15.3. The summed E-state index contributed by atoms with van der Waals surface area (Å²) in [4.78, 5) is 4.32. The van der Waals surface area contributed by atoms with E-state index in [1.165, 1.54) is 32.1 Å². The molecule has 94 valence electrons. The fraction of sp³-hybridized carbons (Fsp3) is 0.429. The molecule has 1 aliphatic carbocycles. The Hall–Kier alpha value is -1.84. The van der Waals surface area contributed by atoms with Crippen molar-refractivity contribution in [2.24, 2.45) is 0 Å². The summed E-state index contributed by atoms with van der Waals surface area (Å²) >= 11 is 0. The molecule has 2 aromatic heterocycles. The average molecular weight is 242 g/mol. The van der Waals surface area contributed by atoms with Crippen molar-refractivity contribution in [2.75, 3.05) is 5.73 Å². The maximum absolute atomic E-state index is 6.08. The molecule has 0 bridgehead atoms. The van der Waals surface area contributed by atoms with Crippen molar-refractivity contribution in [3.05, 3.63) is 30.5 Å². The molecule has 4 nitrogen and oxygen atoms in total. The molecule has 18 heavy (non-hydrogen) atoms. The zero-order valence-corrected chi connectivity index (χ0v) is 10.4. The number of nitrogen functional groups attached to an aromatic ring is 1. The highest BCUT2D eigenvalue weighted by molar-refractivity contribution is 5.57. The molecule has 0 aromatic carbocycles. The number of anilines is 1. The first kappa shape index (κ1) is 11.3. The second-order valence-corrected chi connectivity index (χ2v) is 4.91. The standard InChI is InChI=1S/C14H18N4/c15-14-10-13(12-8-4-5-9-16-12)17-18(14)11-6-2-1-3-7-11/h4-5,8-11H,1-3,6-7,15H2. The van der Waals surface area contributed by atoms with Gasteiger partial charge in [-0.1, -0.05) is 25.3 Å². The molecule has 2 heterocycles. The molecule has 1 saturated carbocycles. The van der Waals surface area contributed by atoms with Gasteiger partial charge in [0, 0.05) is 12.3 Å². The molecule has 2 aromatic rings. The molecular formula is C14H18N4. The first-order valence-corrected chi connectivity index (χ1v) is 6.61. The molecule has 1 aliphatic rings. The van der Waals surface area contributed by atoms with Crippen molar-refractivity contribution >= 4 is 5.82 Å². The van der Waals surface area contributed by atoms with Gasteiger partial charge in [0.05, 0.1) is 11.7 Å². The van der Waals surface area contributed by atoms with Crippen LogP contribution >= 0.6 is 0 Å². The van der Waals surface area contributed by atoms with E-state index in [0.717, 1.165) is 17.2 Å². The molecule has 2 N–H and O–H groups in total. The molecule has 0 saturated heterocycles. The highest BCUT2D eigenvalue weighted by Gasteiger charge is 2.19. The van der Waals surface area contributed by atoms with Crippen LogP contribution in [0.1, 0.15) is 38.1 Å². The molecule has 4 heteroatoms. The zero-order valence-electron chi connectivity index (χ0n) is 10.4. The lowest BCUT2D eigenvalue weighted by atomic mass is 9.96. The third-order valence-electron chi connectivity index (χ3n) is 3.61. The minimum absolute atomic E-state index is 0.469. The molecule has 1 fully saturated rings. The van der Waals surface area contributed by atoms with Gasteiger partial charge in [-0.05, 0) is 25.0 Å². The summed E-state index contributed by atoms with van der Waals surface area (Å²) in [5.74, 6) is 0.752. The van der Waals surface area contributed by atoms with Gasteiger partial charge in [-0.15, -0.1) is 0 Å². The van der Waals surface area contributed by atoms with Gasteiger partial charge in [0.2, 0.25) is 0 Å². The molecule has 0 radical (unpaired) electrons. The van der Waals surface area contributed by atoms with Crippen LogP contribution in [0.5, 0.6) is 0 Å². The molecule has 0 atom stereocenters. The first-order valence-electron chi connectivity index (χ1n) is 6.61. The third kappa shape index (κ3) is 2.10. The monoisotopic (exact) mass is 242 g/mol. The maximum Gasteiger partial charge on any atom is 0.122 e. The minimum atomic E-state index is 0.469. The fourth-order valence-corrected chi connectivity index (χ4v) is 2.67. The van der Waals surface area contributed by atoms with E-state index in [0.29, 0.717) is 6.04 Å². The number of hydrogen-bond acceptors (Lipinski definition) is 3. The second-order valence-electron chi connectivity index (χ2n) is 4.91. The van der Waals surface area contributed by atoms with Gasteiger partial charge in [0.25, 0.3) is 0 Å². The molecule has 0 unspecified atom stereocenters. The Labute approximate surface area is 107 Å². The number of nitrogens with two attached hydrogens (primary N) is 1. The van der Waals surface area contributed by atoms with Gasteiger partial charge in [-0.25, -0.2) is 4.68 Å². The van der Waals surface area contributed by atoms with Crippen LogP contribution in [-0.2, 0) is 0 Å². The smallest absolute Gasteiger partial charge is 0.122 e. The molecule has 0 amide bonds.